The van der Waals surface area contributed by atoms with Crippen molar-refractivity contribution in [3.05, 3.63) is 64.1 Å². The molecule has 0 bridgehead atoms. The van der Waals surface area contributed by atoms with E-state index < -0.39 is 79.4 Å². The van der Waals surface area contributed by atoms with Gasteiger partial charge in [0.05, 0.1) is 23.1 Å². The molecule has 3 aliphatic carbocycles. The van der Waals surface area contributed by atoms with E-state index in [-0.39, 0.29) is 29.5 Å². The number of aliphatic hydroxyl groups is 3. The number of pyridine rings is 1. The van der Waals surface area contributed by atoms with Gasteiger partial charge in [-0.05, 0) is 56.6 Å². The highest BCUT2D eigenvalue weighted by molar-refractivity contribution is 7.89. The Morgan fingerprint density at radius 1 is 1.20 bits per heavy atom. The van der Waals surface area contributed by atoms with Crippen molar-refractivity contribution in [1.82, 2.24) is 9.88 Å². The van der Waals surface area contributed by atoms with Crippen LogP contribution in [-0.4, -0.2) is 88.2 Å². The van der Waals surface area contributed by atoms with Gasteiger partial charge in [-0.15, -0.1) is 0 Å². The largest absolute Gasteiger partial charge is 0.508 e. The van der Waals surface area contributed by atoms with Crippen LogP contribution >= 0.6 is 0 Å². The summed E-state index contributed by atoms with van der Waals surface area (Å²) in [6.07, 6.45) is 2.49. The van der Waals surface area contributed by atoms with E-state index in [4.69, 9.17) is 5.73 Å². The maximum Gasteiger partial charge on any atom is 0.255 e. The molecule has 5 rings (SSSR count). The Bertz CT molecular complexity index is 1700. The molecule has 0 radical (unpaired) electrons. The van der Waals surface area contributed by atoms with Crippen LogP contribution in [0.4, 0.5) is 0 Å². The second-order valence-electron chi connectivity index (χ2n) is 11.0. The number of primary amides is 1. The Balaban J connectivity index is 1.80. The van der Waals surface area contributed by atoms with Crippen molar-refractivity contribution < 1.29 is 43.2 Å². The summed E-state index contributed by atoms with van der Waals surface area (Å²) in [7, 11) is -0.604. The second-order valence-corrected chi connectivity index (χ2v) is 13.2. The van der Waals surface area contributed by atoms with Crippen molar-refractivity contribution >= 4 is 33.1 Å². The summed E-state index contributed by atoms with van der Waals surface area (Å²) in [5, 5.41) is 45.5. The molecule has 216 valence electrons. The molecule has 0 unspecified atom stereocenters. The number of phenols is 1. The molecule has 0 spiro atoms. The summed E-state index contributed by atoms with van der Waals surface area (Å²) >= 11 is 0. The summed E-state index contributed by atoms with van der Waals surface area (Å²) in [6.45, 7) is 0. The quantitative estimate of drug-likeness (QED) is 0.307. The topological polar surface area (TPSA) is 208 Å². The number of aromatic nitrogens is 1. The van der Waals surface area contributed by atoms with Gasteiger partial charge < -0.3 is 26.2 Å². The van der Waals surface area contributed by atoms with Gasteiger partial charge in [0.25, 0.3) is 5.91 Å². The number of nitrogens with zero attached hydrogens (tertiary/aromatic N) is 2. The molecule has 1 saturated carbocycles. The molecule has 13 heteroatoms. The number of carbonyl (C=O) groups excluding carboxylic acids is 3. The zero-order valence-corrected chi connectivity index (χ0v) is 23.3. The molecule has 3 aliphatic rings. The van der Waals surface area contributed by atoms with Gasteiger partial charge in [-0.1, -0.05) is 6.07 Å². The summed E-state index contributed by atoms with van der Waals surface area (Å²) in [5.41, 5.74) is 2.38. The third-order valence-corrected chi connectivity index (χ3v) is 8.99. The van der Waals surface area contributed by atoms with Crippen molar-refractivity contribution in [2.24, 2.45) is 17.6 Å². The second kappa shape index (κ2) is 9.50. The molecule has 1 heterocycles. The van der Waals surface area contributed by atoms with E-state index in [9.17, 15) is 43.2 Å². The lowest BCUT2D eigenvalue weighted by atomic mass is 9.57. The highest BCUT2D eigenvalue weighted by Gasteiger charge is 2.64. The van der Waals surface area contributed by atoms with Crippen LogP contribution in [0.15, 0.2) is 47.4 Å². The first kappa shape index (κ1) is 28.5. The average Bonchev–Trinajstić information content (AvgIpc) is 2.87. The monoisotopic (exact) mass is 583 g/mol. The number of fused-ring (bicyclic) bond motifs is 3. The van der Waals surface area contributed by atoms with E-state index in [1.165, 1.54) is 31.3 Å². The SMILES string of the molecule is CN(C)[C@@H]1C(=O)C(C(N)=O)=C(O)[C@@]2(O)C(=O)C3=C(O)c4c(O)c(CS(C)(=O)=O)cc(-c5ccccn5)c4C[C@H]3C[C@@H]12. The lowest BCUT2D eigenvalue weighted by Gasteiger charge is -2.50. The smallest absolute Gasteiger partial charge is 0.255 e. The van der Waals surface area contributed by atoms with Crippen LogP contribution in [0.2, 0.25) is 0 Å². The van der Waals surface area contributed by atoms with Crippen LogP contribution in [0.25, 0.3) is 17.0 Å². The van der Waals surface area contributed by atoms with Crippen molar-refractivity contribution in [3.8, 4) is 17.0 Å². The Hall–Kier alpha value is -4.07. The van der Waals surface area contributed by atoms with Crippen molar-refractivity contribution in [2.75, 3.05) is 20.4 Å². The van der Waals surface area contributed by atoms with Gasteiger partial charge in [0.2, 0.25) is 5.78 Å². The predicted octanol–water partition coefficient (Wildman–Crippen LogP) is 0.571. The molecule has 6 N–H and O–H groups in total. The van der Waals surface area contributed by atoms with Crippen LogP contribution in [-0.2, 0) is 36.4 Å². The highest BCUT2D eigenvalue weighted by Crippen LogP contribution is 2.54. The van der Waals surface area contributed by atoms with Crippen molar-refractivity contribution in [1.29, 1.82) is 0 Å². The lowest BCUT2D eigenvalue weighted by molar-refractivity contribution is -0.153. The number of hydrogen-bond acceptors (Lipinski definition) is 11. The van der Waals surface area contributed by atoms with Gasteiger partial charge in [0.1, 0.15) is 22.8 Å². The molecular weight excluding hydrogens is 554 g/mol. The molecule has 0 aliphatic heterocycles. The Morgan fingerprint density at radius 3 is 2.44 bits per heavy atom. The number of nitrogens with two attached hydrogens (primary N) is 1. The number of phenolic OH excluding ortho intramolecular Hbond substituents is 1. The number of aromatic hydroxyl groups is 1. The first-order chi connectivity index (χ1) is 19.1. The molecule has 2 aromatic rings. The molecule has 4 atom stereocenters. The Kier molecular flexibility index (Phi) is 6.59. The molecule has 1 fully saturated rings. The Labute approximate surface area is 235 Å². The number of Topliss-reactive ketones (excluding diaryl/α,β-unsaturated/α-hetero) is 2. The molecule has 12 nitrogen and oxygen atoms in total. The third kappa shape index (κ3) is 4.23. The van der Waals surface area contributed by atoms with Gasteiger partial charge in [-0.2, -0.15) is 0 Å². The minimum atomic E-state index is -3.65. The fraction of sp³-hybridized carbons (Fsp3) is 0.357. The number of sulfone groups is 1. The number of hydrogen-bond donors (Lipinski definition) is 5. The van der Waals surface area contributed by atoms with Crippen LogP contribution in [0.3, 0.4) is 0 Å². The lowest BCUT2D eigenvalue weighted by Crippen LogP contribution is -2.65. The first-order valence-electron chi connectivity index (χ1n) is 12.7. The fourth-order valence-corrected chi connectivity index (χ4v) is 7.30. The summed E-state index contributed by atoms with van der Waals surface area (Å²) in [6, 6.07) is 5.36. The van der Waals surface area contributed by atoms with Gasteiger partial charge in [0, 0.05) is 35.1 Å². The van der Waals surface area contributed by atoms with E-state index in [1.807, 2.05) is 0 Å². The number of benzene rings is 1. The van der Waals surface area contributed by atoms with Crippen molar-refractivity contribution in [2.45, 2.75) is 30.2 Å². The molecule has 1 aromatic carbocycles. The predicted molar refractivity (Wildman–Crippen MR) is 146 cm³/mol. The van der Waals surface area contributed by atoms with Gasteiger partial charge in [0.15, 0.2) is 21.2 Å². The zero-order chi connectivity index (χ0) is 30.2. The van der Waals surface area contributed by atoms with E-state index in [1.54, 1.807) is 18.2 Å². The normalized spacial score (nSPS) is 26.1. The third-order valence-electron chi connectivity index (χ3n) is 8.16. The number of rotatable bonds is 5. The molecule has 1 amide bonds. The maximum absolute atomic E-state index is 14.0. The number of likely N-dealkylation sites (N-methyl/N-ethyl adjacent to an activating group) is 1. The van der Waals surface area contributed by atoms with Gasteiger partial charge >= 0.3 is 0 Å². The molecule has 0 saturated heterocycles. The summed E-state index contributed by atoms with van der Waals surface area (Å²) < 4.78 is 24.3. The zero-order valence-electron chi connectivity index (χ0n) is 22.5. The van der Waals surface area contributed by atoms with Crippen LogP contribution in [0, 0.1) is 11.8 Å². The van der Waals surface area contributed by atoms with E-state index >= 15 is 0 Å². The Morgan fingerprint density at radius 2 is 1.88 bits per heavy atom. The van der Waals surface area contributed by atoms with Crippen LogP contribution < -0.4 is 5.73 Å². The fourth-order valence-electron chi connectivity index (χ4n) is 6.51. The molecule has 41 heavy (non-hydrogen) atoms. The summed E-state index contributed by atoms with van der Waals surface area (Å²) in [5.74, 6) is -8.31. The van der Waals surface area contributed by atoms with E-state index in [2.05, 4.69) is 4.98 Å². The summed E-state index contributed by atoms with van der Waals surface area (Å²) in [4.78, 5) is 45.2. The number of amides is 1. The molecule has 1 aromatic heterocycles. The van der Waals surface area contributed by atoms with Gasteiger partial charge in [-0.25, -0.2) is 8.42 Å². The number of carbonyl (C=O) groups is 3. The molecular formula is C28H29N3O9S. The maximum atomic E-state index is 14.0. The number of ketones is 2. The van der Waals surface area contributed by atoms with Gasteiger partial charge in [-0.3, -0.25) is 24.3 Å². The van der Waals surface area contributed by atoms with Crippen molar-refractivity contribution in [3.63, 3.8) is 0 Å². The van der Waals surface area contributed by atoms with Crippen LogP contribution in [0.1, 0.15) is 23.1 Å². The number of aliphatic hydroxyl groups excluding tert-OH is 2. The van der Waals surface area contributed by atoms with E-state index in [0.717, 1.165) is 6.26 Å². The average molecular weight is 584 g/mol. The minimum absolute atomic E-state index is 0.0351. The van der Waals surface area contributed by atoms with Crippen LogP contribution in [0.5, 0.6) is 5.75 Å². The highest BCUT2D eigenvalue weighted by atomic mass is 32.2. The standard InChI is InChI=1S/C28H29N3O9S/c1-31(2)21-16-10-12-8-15-14(17-6-4-5-7-30-17)9-13(11-41(3,39)40)22(32)19(15)23(33)18(12)25(35)28(16,38)26(36)20(24(21)34)27(29)37/h4-7,9,12,16,21,32-33,36,38H,8,10-11H2,1-3H3,(H2,29,37)/t12-,16-,21-,28-/m0/s1. The minimum Gasteiger partial charge on any atom is -0.508 e. The first-order valence-corrected chi connectivity index (χ1v) is 14.8. The van der Waals surface area contributed by atoms with E-state index in [0.29, 0.717) is 16.8 Å².